The van der Waals surface area contributed by atoms with Crippen molar-refractivity contribution in [2.24, 2.45) is 5.92 Å². The molecule has 27 heavy (non-hydrogen) atoms. The molecular formula is C19H24N2O6. The van der Waals surface area contributed by atoms with Gasteiger partial charge in [0.1, 0.15) is 0 Å². The molecule has 0 aromatic heterocycles. The molecule has 0 saturated carbocycles. The van der Waals surface area contributed by atoms with Gasteiger partial charge in [0.15, 0.2) is 11.5 Å². The molecule has 2 N–H and O–H groups in total. The zero-order valence-corrected chi connectivity index (χ0v) is 15.5. The summed E-state index contributed by atoms with van der Waals surface area (Å²) in [6, 6.07) is 5.36. The Kier molecular flexibility index (Phi) is 5.25. The summed E-state index contributed by atoms with van der Waals surface area (Å²) in [6.45, 7) is 0.854. The Morgan fingerprint density at radius 1 is 1.22 bits per heavy atom. The summed E-state index contributed by atoms with van der Waals surface area (Å²) in [5.74, 6) is -0.781. The van der Waals surface area contributed by atoms with Crippen molar-refractivity contribution < 1.29 is 29.0 Å². The van der Waals surface area contributed by atoms with Crippen molar-refractivity contribution in [1.29, 1.82) is 0 Å². The lowest BCUT2D eigenvalue weighted by Crippen LogP contribution is -2.56. The standard InChI is InChI=1S/C19H24N2O6/c1-26-14-4-3-12(9-15(14)27-2)10-17(23)21-7-5-19(6-8-21)13(18(24)25)11-16(22)20-19/h3-4,9,13H,5-8,10-11H2,1-2H3,(H,20,22)(H,24,25). The smallest absolute Gasteiger partial charge is 0.309 e. The second-order valence-corrected chi connectivity index (χ2v) is 7.05. The van der Waals surface area contributed by atoms with Gasteiger partial charge in [0.25, 0.3) is 0 Å². The molecule has 0 radical (unpaired) electrons. The van der Waals surface area contributed by atoms with E-state index in [0.29, 0.717) is 37.4 Å². The number of hydrogen-bond acceptors (Lipinski definition) is 5. The number of rotatable bonds is 5. The van der Waals surface area contributed by atoms with E-state index in [0.717, 1.165) is 5.56 Å². The highest BCUT2D eigenvalue weighted by molar-refractivity contribution is 5.88. The van der Waals surface area contributed by atoms with Gasteiger partial charge in [-0.2, -0.15) is 0 Å². The third-order valence-corrected chi connectivity index (χ3v) is 5.55. The van der Waals surface area contributed by atoms with Crippen molar-refractivity contribution in [2.75, 3.05) is 27.3 Å². The van der Waals surface area contributed by atoms with Crippen LogP contribution in [0.25, 0.3) is 0 Å². The SMILES string of the molecule is COc1ccc(CC(=O)N2CCC3(CC2)NC(=O)CC3C(=O)O)cc1OC. The van der Waals surface area contributed by atoms with E-state index in [1.54, 1.807) is 31.3 Å². The first-order chi connectivity index (χ1) is 12.9. The average Bonchev–Trinajstić information content (AvgIpc) is 2.98. The van der Waals surface area contributed by atoms with E-state index in [4.69, 9.17) is 9.47 Å². The molecule has 2 saturated heterocycles. The molecule has 2 aliphatic heterocycles. The molecule has 146 valence electrons. The number of ether oxygens (including phenoxy) is 2. The zero-order chi connectivity index (χ0) is 19.6. The fourth-order valence-corrected chi connectivity index (χ4v) is 4.03. The number of aliphatic carboxylic acids is 1. The minimum absolute atomic E-state index is 0.00885. The third-order valence-electron chi connectivity index (χ3n) is 5.55. The summed E-state index contributed by atoms with van der Waals surface area (Å²) in [5.41, 5.74) is 0.0822. The van der Waals surface area contributed by atoms with Crippen molar-refractivity contribution in [1.82, 2.24) is 10.2 Å². The highest BCUT2D eigenvalue weighted by Crippen LogP contribution is 2.37. The first-order valence-corrected chi connectivity index (χ1v) is 8.91. The molecular weight excluding hydrogens is 352 g/mol. The fourth-order valence-electron chi connectivity index (χ4n) is 4.03. The molecule has 3 rings (SSSR count). The van der Waals surface area contributed by atoms with Gasteiger partial charge in [0.05, 0.1) is 32.1 Å². The molecule has 8 nitrogen and oxygen atoms in total. The molecule has 1 aromatic carbocycles. The second-order valence-electron chi connectivity index (χ2n) is 7.05. The molecule has 2 amide bonds. The summed E-state index contributed by atoms with van der Waals surface area (Å²) >= 11 is 0. The lowest BCUT2D eigenvalue weighted by atomic mass is 9.77. The normalized spacial score (nSPS) is 21.0. The first-order valence-electron chi connectivity index (χ1n) is 8.91. The Balaban J connectivity index is 1.64. The molecule has 2 fully saturated rings. The predicted octanol–water partition coefficient (Wildman–Crippen LogP) is 0.828. The topological polar surface area (TPSA) is 105 Å². The highest BCUT2D eigenvalue weighted by Gasteiger charge is 2.51. The van der Waals surface area contributed by atoms with Gasteiger partial charge in [-0.3, -0.25) is 14.4 Å². The van der Waals surface area contributed by atoms with Crippen LogP contribution in [0.15, 0.2) is 18.2 Å². The Morgan fingerprint density at radius 3 is 2.48 bits per heavy atom. The van der Waals surface area contributed by atoms with Crippen LogP contribution in [0.5, 0.6) is 11.5 Å². The monoisotopic (exact) mass is 376 g/mol. The van der Waals surface area contributed by atoms with Crippen LogP contribution >= 0.6 is 0 Å². The van der Waals surface area contributed by atoms with Crippen molar-refractivity contribution in [2.45, 2.75) is 31.2 Å². The number of nitrogens with one attached hydrogen (secondary N) is 1. The highest BCUT2D eigenvalue weighted by atomic mass is 16.5. The minimum atomic E-state index is -0.960. The zero-order valence-electron chi connectivity index (χ0n) is 15.5. The summed E-state index contributed by atoms with van der Waals surface area (Å²) in [7, 11) is 3.10. The van der Waals surface area contributed by atoms with Gasteiger partial charge in [-0.15, -0.1) is 0 Å². The number of carbonyl (C=O) groups excluding carboxylic acids is 2. The van der Waals surface area contributed by atoms with Crippen LogP contribution in [0.2, 0.25) is 0 Å². The maximum absolute atomic E-state index is 12.7. The van der Waals surface area contributed by atoms with E-state index in [2.05, 4.69) is 5.32 Å². The number of nitrogens with zero attached hydrogens (tertiary/aromatic N) is 1. The molecule has 2 aliphatic rings. The first kappa shape index (κ1) is 19.0. The molecule has 1 aromatic rings. The average molecular weight is 376 g/mol. The number of hydrogen-bond donors (Lipinski definition) is 2. The number of methoxy groups -OCH3 is 2. The van der Waals surface area contributed by atoms with Gasteiger partial charge in [-0.1, -0.05) is 6.07 Å². The quantitative estimate of drug-likeness (QED) is 0.789. The van der Waals surface area contributed by atoms with Crippen LogP contribution in [0.3, 0.4) is 0 Å². The van der Waals surface area contributed by atoms with Gasteiger partial charge in [0.2, 0.25) is 11.8 Å². The number of benzene rings is 1. The summed E-state index contributed by atoms with van der Waals surface area (Å²) in [6.07, 6.45) is 1.14. The van der Waals surface area contributed by atoms with E-state index in [9.17, 15) is 19.5 Å². The van der Waals surface area contributed by atoms with Crippen molar-refractivity contribution in [3.05, 3.63) is 23.8 Å². The van der Waals surface area contributed by atoms with Crippen LogP contribution < -0.4 is 14.8 Å². The predicted molar refractivity (Wildman–Crippen MR) is 95.7 cm³/mol. The minimum Gasteiger partial charge on any atom is -0.493 e. The van der Waals surface area contributed by atoms with E-state index < -0.39 is 17.4 Å². The summed E-state index contributed by atoms with van der Waals surface area (Å²) in [5, 5.41) is 12.3. The molecule has 8 heteroatoms. The summed E-state index contributed by atoms with van der Waals surface area (Å²) < 4.78 is 10.5. The number of piperidine rings is 1. The molecule has 0 bridgehead atoms. The number of carboxylic acids is 1. The fraction of sp³-hybridized carbons (Fsp3) is 0.526. The van der Waals surface area contributed by atoms with Crippen molar-refractivity contribution in [3.63, 3.8) is 0 Å². The van der Waals surface area contributed by atoms with E-state index >= 15 is 0 Å². The van der Waals surface area contributed by atoms with Crippen molar-refractivity contribution in [3.8, 4) is 11.5 Å². The van der Waals surface area contributed by atoms with Crippen molar-refractivity contribution >= 4 is 17.8 Å². The van der Waals surface area contributed by atoms with Crippen LogP contribution in [-0.2, 0) is 20.8 Å². The molecule has 1 atom stereocenters. The number of amides is 2. The third kappa shape index (κ3) is 3.70. The van der Waals surface area contributed by atoms with Gasteiger partial charge in [-0.25, -0.2) is 0 Å². The lowest BCUT2D eigenvalue weighted by molar-refractivity contribution is -0.145. The lowest BCUT2D eigenvalue weighted by Gasteiger charge is -2.41. The van der Waals surface area contributed by atoms with E-state index in [1.165, 1.54) is 0 Å². The molecule has 1 spiro atoms. The number of carbonyl (C=O) groups is 3. The second kappa shape index (κ2) is 7.46. The number of carboxylic acid groups (broad SMARTS) is 1. The molecule has 2 heterocycles. The largest absolute Gasteiger partial charge is 0.493 e. The van der Waals surface area contributed by atoms with Crippen LogP contribution in [-0.4, -0.2) is 60.6 Å². The number of likely N-dealkylation sites (tertiary alicyclic amines) is 1. The Labute approximate surface area is 157 Å². The van der Waals surface area contributed by atoms with Crippen LogP contribution in [0, 0.1) is 5.92 Å². The molecule has 1 unspecified atom stereocenters. The van der Waals surface area contributed by atoms with Gasteiger partial charge >= 0.3 is 5.97 Å². The van der Waals surface area contributed by atoms with Gasteiger partial charge in [0, 0.05) is 19.5 Å². The maximum atomic E-state index is 12.7. The Hall–Kier alpha value is -2.77. The van der Waals surface area contributed by atoms with Gasteiger partial charge < -0.3 is 24.8 Å². The Bertz CT molecular complexity index is 755. The van der Waals surface area contributed by atoms with Crippen LogP contribution in [0.4, 0.5) is 0 Å². The van der Waals surface area contributed by atoms with Crippen LogP contribution in [0.1, 0.15) is 24.8 Å². The Morgan fingerprint density at radius 2 is 1.89 bits per heavy atom. The van der Waals surface area contributed by atoms with Gasteiger partial charge in [-0.05, 0) is 30.5 Å². The summed E-state index contributed by atoms with van der Waals surface area (Å²) in [4.78, 5) is 37.6. The van der Waals surface area contributed by atoms with E-state index in [-0.39, 0.29) is 24.7 Å². The maximum Gasteiger partial charge on any atom is 0.309 e. The molecule has 0 aliphatic carbocycles. The van der Waals surface area contributed by atoms with E-state index in [1.807, 2.05) is 6.07 Å².